The number of ether oxygens (including phenoxy) is 1. The van der Waals surface area contributed by atoms with Crippen LogP contribution in [0.2, 0.25) is 0 Å². The predicted octanol–water partition coefficient (Wildman–Crippen LogP) is 5.04. The summed E-state index contributed by atoms with van der Waals surface area (Å²) in [5.74, 6) is 4.99. The van der Waals surface area contributed by atoms with Crippen LogP contribution in [0.4, 0.5) is 0 Å². The fourth-order valence-electron chi connectivity index (χ4n) is 5.85. The molecule has 0 radical (unpaired) electrons. The second-order valence-corrected chi connectivity index (χ2v) is 7.46. The van der Waals surface area contributed by atoms with Crippen LogP contribution < -0.4 is 0 Å². The SMILES string of the molecule is CCC(C1C2CCCCC1CC2)C1CC1(CC)OC. The van der Waals surface area contributed by atoms with Crippen LogP contribution in [0.5, 0.6) is 0 Å². The summed E-state index contributed by atoms with van der Waals surface area (Å²) in [6, 6.07) is 0. The Bertz CT molecular complexity index is 293. The lowest BCUT2D eigenvalue weighted by Crippen LogP contribution is -2.29. The van der Waals surface area contributed by atoms with Gasteiger partial charge >= 0.3 is 0 Å². The predicted molar refractivity (Wildman–Crippen MR) is 80.1 cm³/mol. The van der Waals surface area contributed by atoms with Gasteiger partial charge in [-0.15, -0.1) is 0 Å². The average Bonchev–Trinajstić information content (AvgIpc) is 3.06. The van der Waals surface area contributed by atoms with Crippen LogP contribution in [-0.4, -0.2) is 12.7 Å². The molecule has 0 aromatic rings. The van der Waals surface area contributed by atoms with Gasteiger partial charge in [-0.3, -0.25) is 0 Å². The maximum Gasteiger partial charge on any atom is 0.0711 e. The molecule has 1 heteroatoms. The Labute approximate surface area is 119 Å². The molecular formula is C18H32O. The molecule has 0 aromatic carbocycles. The largest absolute Gasteiger partial charge is 0.378 e. The van der Waals surface area contributed by atoms with Crippen molar-refractivity contribution in [3.8, 4) is 0 Å². The first-order valence-electron chi connectivity index (χ1n) is 8.81. The zero-order valence-electron chi connectivity index (χ0n) is 13.2. The highest BCUT2D eigenvalue weighted by atomic mass is 16.5. The quantitative estimate of drug-likeness (QED) is 0.675. The number of methoxy groups -OCH3 is 1. The Morgan fingerprint density at radius 1 is 1.05 bits per heavy atom. The third-order valence-corrected chi connectivity index (χ3v) is 6.97. The van der Waals surface area contributed by atoms with E-state index in [1.165, 1.54) is 57.8 Å². The van der Waals surface area contributed by atoms with Crippen molar-refractivity contribution in [1.82, 2.24) is 0 Å². The second kappa shape index (κ2) is 5.39. The van der Waals surface area contributed by atoms with Crippen LogP contribution in [0.3, 0.4) is 0 Å². The number of rotatable bonds is 5. The van der Waals surface area contributed by atoms with E-state index in [0.29, 0.717) is 0 Å². The molecule has 3 rings (SSSR count). The highest BCUT2D eigenvalue weighted by molar-refractivity contribution is 5.09. The van der Waals surface area contributed by atoms with Crippen molar-refractivity contribution < 1.29 is 4.74 Å². The van der Waals surface area contributed by atoms with Crippen molar-refractivity contribution in [2.75, 3.05) is 7.11 Å². The highest BCUT2D eigenvalue weighted by Crippen LogP contribution is 2.61. The van der Waals surface area contributed by atoms with E-state index in [1.807, 2.05) is 7.11 Å². The third-order valence-electron chi connectivity index (χ3n) is 6.97. The minimum Gasteiger partial charge on any atom is -0.378 e. The standard InChI is InChI=1S/C18H32O/c1-4-15(16-12-18(16,5-2)19-3)17-13-8-6-7-9-14(17)11-10-13/h13-17H,4-12H2,1-3H3. The third kappa shape index (κ3) is 2.26. The van der Waals surface area contributed by atoms with Gasteiger partial charge in [-0.2, -0.15) is 0 Å². The average molecular weight is 264 g/mol. The molecule has 0 aromatic heterocycles. The molecule has 19 heavy (non-hydrogen) atoms. The molecule has 0 heterocycles. The van der Waals surface area contributed by atoms with Gasteiger partial charge in [0.15, 0.2) is 0 Å². The molecule has 3 aliphatic rings. The van der Waals surface area contributed by atoms with Crippen molar-refractivity contribution in [2.45, 2.75) is 77.2 Å². The van der Waals surface area contributed by atoms with Crippen LogP contribution in [0.25, 0.3) is 0 Å². The van der Waals surface area contributed by atoms with Gasteiger partial charge in [0.2, 0.25) is 0 Å². The summed E-state index contributed by atoms with van der Waals surface area (Å²) < 4.78 is 5.91. The van der Waals surface area contributed by atoms with E-state index in [1.54, 1.807) is 0 Å². The summed E-state index contributed by atoms with van der Waals surface area (Å²) in [6.07, 6.45) is 13.1. The maximum atomic E-state index is 5.91. The molecule has 2 bridgehead atoms. The summed E-state index contributed by atoms with van der Waals surface area (Å²) in [4.78, 5) is 0. The Morgan fingerprint density at radius 2 is 1.68 bits per heavy atom. The van der Waals surface area contributed by atoms with Gasteiger partial charge in [0.25, 0.3) is 0 Å². The van der Waals surface area contributed by atoms with Gasteiger partial charge in [-0.05, 0) is 55.3 Å². The summed E-state index contributed by atoms with van der Waals surface area (Å²) in [7, 11) is 1.94. The van der Waals surface area contributed by atoms with Crippen LogP contribution in [0.15, 0.2) is 0 Å². The molecule has 3 saturated carbocycles. The molecule has 3 fully saturated rings. The Kier molecular flexibility index (Phi) is 3.95. The summed E-state index contributed by atoms with van der Waals surface area (Å²) in [6.45, 7) is 4.75. The van der Waals surface area contributed by atoms with Gasteiger partial charge in [0.05, 0.1) is 5.60 Å². The van der Waals surface area contributed by atoms with E-state index in [4.69, 9.17) is 4.74 Å². The molecule has 0 saturated heterocycles. The summed E-state index contributed by atoms with van der Waals surface area (Å²) in [5, 5.41) is 0. The second-order valence-electron chi connectivity index (χ2n) is 7.46. The lowest BCUT2D eigenvalue weighted by molar-refractivity contribution is 0.0372. The summed E-state index contributed by atoms with van der Waals surface area (Å²) in [5.41, 5.74) is 0.270. The number of hydrogen-bond acceptors (Lipinski definition) is 1. The van der Waals surface area contributed by atoms with E-state index < -0.39 is 0 Å². The molecular weight excluding hydrogens is 232 g/mol. The van der Waals surface area contributed by atoms with Crippen molar-refractivity contribution in [2.24, 2.45) is 29.6 Å². The van der Waals surface area contributed by atoms with Gasteiger partial charge in [0, 0.05) is 7.11 Å². The minimum atomic E-state index is 0.270. The number of fused-ring (bicyclic) bond motifs is 2. The Balaban J connectivity index is 1.76. The molecule has 3 aliphatic carbocycles. The summed E-state index contributed by atoms with van der Waals surface area (Å²) >= 11 is 0. The van der Waals surface area contributed by atoms with Crippen LogP contribution in [0, 0.1) is 29.6 Å². The fourth-order valence-corrected chi connectivity index (χ4v) is 5.85. The monoisotopic (exact) mass is 264 g/mol. The Hall–Kier alpha value is -0.0400. The van der Waals surface area contributed by atoms with E-state index in [0.717, 1.165) is 29.6 Å². The molecule has 0 N–H and O–H groups in total. The minimum absolute atomic E-state index is 0.270. The van der Waals surface area contributed by atoms with Gasteiger partial charge in [-0.25, -0.2) is 0 Å². The molecule has 5 atom stereocenters. The van der Waals surface area contributed by atoms with Crippen molar-refractivity contribution in [1.29, 1.82) is 0 Å². The lowest BCUT2D eigenvalue weighted by atomic mass is 9.73. The van der Waals surface area contributed by atoms with Crippen LogP contribution >= 0.6 is 0 Å². The Morgan fingerprint density at radius 3 is 2.11 bits per heavy atom. The smallest absolute Gasteiger partial charge is 0.0711 e. The van der Waals surface area contributed by atoms with Gasteiger partial charge in [-0.1, -0.05) is 46.0 Å². The first-order valence-corrected chi connectivity index (χ1v) is 8.81. The number of hydrogen-bond donors (Lipinski definition) is 0. The van der Waals surface area contributed by atoms with E-state index in [2.05, 4.69) is 13.8 Å². The van der Waals surface area contributed by atoms with E-state index >= 15 is 0 Å². The highest BCUT2D eigenvalue weighted by Gasteiger charge is 2.59. The topological polar surface area (TPSA) is 9.23 Å². The van der Waals surface area contributed by atoms with Crippen LogP contribution in [0.1, 0.15) is 71.6 Å². The molecule has 0 amide bonds. The lowest BCUT2D eigenvalue weighted by Gasteiger charge is -2.32. The molecule has 0 aliphatic heterocycles. The van der Waals surface area contributed by atoms with E-state index in [9.17, 15) is 0 Å². The zero-order valence-corrected chi connectivity index (χ0v) is 13.2. The molecule has 1 nitrogen and oxygen atoms in total. The van der Waals surface area contributed by atoms with Crippen LogP contribution in [-0.2, 0) is 4.74 Å². The van der Waals surface area contributed by atoms with Crippen molar-refractivity contribution >= 4 is 0 Å². The van der Waals surface area contributed by atoms with Gasteiger partial charge in [0.1, 0.15) is 0 Å². The first-order chi connectivity index (χ1) is 9.25. The van der Waals surface area contributed by atoms with Gasteiger partial charge < -0.3 is 4.74 Å². The molecule has 110 valence electrons. The fraction of sp³-hybridized carbons (Fsp3) is 1.00. The zero-order chi connectivity index (χ0) is 13.5. The molecule has 0 spiro atoms. The van der Waals surface area contributed by atoms with E-state index in [-0.39, 0.29) is 5.60 Å². The maximum absolute atomic E-state index is 5.91. The van der Waals surface area contributed by atoms with Crippen molar-refractivity contribution in [3.63, 3.8) is 0 Å². The normalized spacial score (nSPS) is 46.9. The first kappa shape index (κ1) is 13.9. The van der Waals surface area contributed by atoms with Crippen molar-refractivity contribution in [3.05, 3.63) is 0 Å². The molecule has 5 unspecified atom stereocenters.